The lowest BCUT2D eigenvalue weighted by molar-refractivity contribution is 0.130. The normalized spacial score (nSPS) is 25.1. The first-order valence-electron chi connectivity index (χ1n) is 5.89. The average molecular weight is 269 g/mol. The van der Waals surface area contributed by atoms with E-state index in [4.69, 9.17) is 4.74 Å². The number of ether oxygens (including phenoxy) is 1. The average Bonchev–Trinajstić information content (AvgIpc) is 2.60. The first-order valence-corrected chi connectivity index (χ1v) is 6.40. The van der Waals surface area contributed by atoms with Crippen LogP contribution in [0.3, 0.4) is 0 Å². The summed E-state index contributed by atoms with van der Waals surface area (Å²) in [5, 5.41) is -0.0119. The van der Waals surface area contributed by atoms with E-state index in [1.54, 1.807) is 17.0 Å². The minimum atomic E-state index is -0.335. The molecule has 1 aliphatic heterocycles. The van der Waals surface area contributed by atoms with Crippen LogP contribution in [-0.2, 0) is 11.3 Å². The molecule has 1 amide bonds. The highest BCUT2D eigenvalue weighted by molar-refractivity contribution is 7.81. The fraction of sp³-hybridized carbons (Fsp3) is 0.462. The summed E-state index contributed by atoms with van der Waals surface area (Å²) in [4.78, 5) is 13.4. The monoisotopic (exact) mass is 269 g/mol. The maximum Gasteiger partial charge on any atom is 0.410 e. The van der Waals surface area contributed by atoms with Crippen molar-refractivity contribution in [1.82, 2.24) is 4.90 Å². The number of carbonyl (C=O) groups excluding carboxylic acids is 1. The van der Waals surface area contributed by atoms with Gasteiger partial charge in [0, 0.05) is 11.8 Å². The molecule has 1 aromatic rings. The third kappa shape index (κ3) is 2.61. The smallest absolute Gasteiger partial charge is 0.410 e. The quantitative estimate of drug-likeness (QED) is 0.855. The van der Waals surface area contributed by atoms with Crippen LogP contribution in [0.5, 0.6) is 0 Å². The molecule has 2 rings (SSSR count). The molecule has 3 nitrogen and oxygen atoms in total. The Kier molecular flexibility index (Phi) is 3.80. The van der Waals surface area contributed by atoms with E-state index in [2.05, 4.69) is 12.6 Å². The van der Waals surface area contributed by atoms with Gasteiger partial charge in [-0.25, -0.2) is 9.18 Å². The maximum atomic E-state index is 12.8. The summed E-state index contributed by atoms with van der Waals surface area (Å²) in [5.41, 5.74) is 0.882. The molecular weight excluding hydrogens is 253 g/mol. The molecule has 18 heavy (non-hydrogen) atoms. The van der Waals surface area contributed by atoms with Crippen LogP contribution in [-0.4, -0.2) is 28.4 Å². The molecule has 1 heterocycles. The van der Waals surface area contributed by atoms with Gasteiger partial charge in [0.15, 0.2) is 0 Å². The first-order chi connectivity index (χ1) is 8.49. The lowest BCUT2D eigenvalue weighted by Gasteiger charge is -2.22. The van der Waals surface area contributed by atoms with Gasteiger partial charge >= 0.3 is 6.09 Å². The molecule has 3 atom stereocenters. The minimum Gasteiger partial charge on any atom is -0.443 e. The van der Waals surface area contributed by atoms with Crippen LogP contribution in [0.25, 0.3) is 0 Å². The van der Waals surface area contributed by atoms with Gasteiger partial charge in [0.25, 0.3) is 0 Å². The maximum absolute atomic E-state index is 12.8. The Labute approximate surface area is 111 Å². The largest absolute Gasteiger partial charge is 0.443 e. The van der Waals surface area contributed by atoms with Gasteiger partial charge in [0.2, 0.25) is 0 Å². The van der Waals surface area contributed by atoms with E-state index in [0.717, 1.165) is 5.56 Å². The van der Waals surface area contributed by atoms with Crippen LogP contribution in [0.15, 0.2) is 24.3 Å². The van der Waals surface area contributed by atoms with E-state index < -0.39 is 0 Å². The molecule has 0 radical (unpaired) electrons. The van der Waals surface area contributed by atoms with Crippen molar-refractivity contribution in [1.29, 1.82) is 0 Å². The van der Waals surface area contributed by atoms with Gasteiger partial charge in [-0.15, -0.1) is 0 Å². The Balaban J connectivity index is 2.09. The van der Waals surface area contributed by atoms with Gasteiger partial charge in [-0.3, -0.25) is 4.90 Å². The number of cyclic esters (lactones) is 1. The van der Waals surface area contributed by atoms with Crippen molar-refractivity contribution in [2.75, 3.05) is 0 Å². The highest BCUT2D eigenvalue weighted by atomic mass is 32.1. The molecule has 1 unspecified atom stereocenters. The van der Waals surface area contributed by atoms with E-state index in [1.165, 1.54) is 12.1 Å². The summed E-state index contributed by atoms with van der Waals surface area (Å²) in [7, 11) is 0. The number of thiol groups is 1. The number of hydrogen-bond acceptors (Lipinski definition) is 3. The second kappa shape index (κ2) is 5.18. The van der Waals surface area contributed by atoms with Crippen molar-refractivity contribution in [3.63, 3.8) is 0 Å². The Morgan fingerprint density at radius 2 is 2.06 bits per heavy atom. The standard InChI is InChI=1S/C13H16FNO2S/c1-8-12(9(2)18)17-13(16)15(8)7-10-3-5-11(14)6-4-10/h3-6,8-9,12,18H,7H2,1-2H3/t8-,9?,12+/m1/s1. The summed E-state index contributed by atoms with van der Waals surface area (Å²) >= 11 is 4.32. The van der Waals surface area contributed by atoms with Gasteiger partial charge in [-0.2, -0.15) is 12.6 Å². The minimum absolute atomic E-state index is 0.0119. The summed E-state index contributed by atoms with van der Waals surface area (Å²) < 4.78 is 18.1. The number of amides is 1. The number of rotatable bonds is 3. The lowest BCUT2D eigenvalue weighted by atomic mass is 10.1. The molecule has 1 saturated heterocycles. The van der Waals surface area contributed by atoms with Gasteiger partial charge < -0.3 is 4.74 Å². The van der Waals surface area contributed by atoms with Crippen LogP contribution in [0.4, 0.5) is 9.18 Å². The lowest BCUT2D eigenvalue weighted by Crippen LogP contribution is -2.36. The molecule has 0 aliphatic carbocycles. The third-order valence-corrected chi connectivity index (χ3v) is 3.47. The topological polar surface area (TPSA) is 29.5 Å². The molecule has 0 spiro atoms. The van der Waals surface area contributed by atoms with Crippen molar-refractivity contribution < 1.29 is 13.9 Å². The fourth-order valence-electron chi connectivity index (χ4n) is 2.12. The molecule has 0 saturated carbocycles. The molecule has 1 aromatic carbocycles. The predicted molar refractivity (Wildman–Crippen MR) is 70.1 cm³/mol. The van der Waals surface area contributed by atoms with Crippen LogP contribution in [0.2, 0.25) is 0 Å². The van der Waals surface area contributed by atoms with E-state index in [1.807, 2.05) is 13.8 Å². The number of carbonyl (C=O) groups is 1. The highest BCUT2D eigenvalue weighted by Crippen LogP contribution is 2.25. The number of hydrogen-bond donors (Lipinski definition) is 1. The number of halogens is 1. The zero-order valence-corrected chi connectivity index (χ0v) is 11.2. The Bertz CT molecular complexity index is 435. The van der Waals surface area contributed by atoms with Crippen LogP contribution in [0, 0.1) is 5.82 Å². The third-order valence-electron chi connectivity index (χ3n) is 3.18. The van der Waals surface area contributed by atoms with Gasteiger partial charge in [-0.05, 0) is 31.5 Å². The zero-order valence-electron chi connectivity index (χ0n) is 10.3. The second-order valence-electron chi connectivity index (χ2n) is 4.58. The number of nitrogens with zero attached hydrogens (tertiary/aromatic N) is 1. The SMILES string of the molecule is CC(S)[C@H]1OC(=O)N(Cc2ccc(F)cc2)[C@@H]1C. The van der Waals surface area contributed by atoms with Crippen LogP contribution in [0.1, 0.15) is 19.4 Å². The van der Waals surface area contributed by atoms with Crippen LogP contribution >= 0.6 is 12.6 Å². The Morgan fingerprint density at radius 1 is 1.44 bits per heavy atom. The fourth-order valence-corrected chi connectivity index (χ4v) is 2.43. The number of benzene rings is 1. The Morgan fingerprint density at radius 3 is 2.56 bits per heavy atom. The van der Waals surface area contributed by atoms with E-state index in [9.17, 15) is 9.18 Å². The van der Waals surface area contributed by atoms with E-state index >= 15 is 0 Å². The van der Waals surface area contributed by atoms with Crippen molar-refractivity contribution in [3.8, 4) is 0 Å². The van der Waals surface area contributed by atoms with E-state index in [0.29, 0.717) is 6.54 Å². The molecular formula is C13H16FNO2S. The van der Waals surface area contributed by atoms with Crippen molar-refractivity contribution >= 4 is 18.7 Å². The molecule has 1 aliphatic rings. The molecule has 1 fully saturated rings. The van der Waals surface area contributed by atoms with Gasteiger partial charge in [0.1, 0.15) is 11.9 Å². The van der Waals surface area contributed by atoms with Gasteiger partial charge in [0.05, 0.1) is 6.04 Å². The van der Waals surface area contributed by atoms with Gasteiger partial charge in [-0.1, -0.05) is 12.1 Å². The molecule has 0 aromatic heterocycles. The van der Waals surface area contributed by atoms with Crippen LogP contribution < -0.4 is 0 Å². The first kappa shape index (κ1) is 13.2. The summed E-state index contributed by atoms with van der Waals surface area (Å²) in [6.45, 7) is 4.27. The summed E-state index contributed by atoms with van der Waals surface area (Å²) in [6.07, 6.45) is -0.543. The zero-order chi connectivity index (χ0) is 13.3. The second-order valence-corrected chi connectivity index (χ2v) is 5.40. The highest BCUT2D eigenvalue weighted by Gasteiger charge is 2.40. The molecule has 5 heteroatoms. The summed E-state index contributed by atoms with van der Waals surface area (Å²) in [6, 6.07) is 6.09. The van der Waals surface area contributed by atoms with Crippen molar-refractivity contribution in [3.05, 3.63) is 35.6 Å². The predicted octanol–water partition coefficient (Wildman–Crippen LogP) is 2.85. The Hall–Kier alpha value is -1.23. The van der Waals surface area contributed by atoms with E-state index in [-0.39, 0.29) is 29.3 Å². The summed E-state index contributed by atoms with van der Waals surface area (Å²) in [5.74, 6) is -0.280. The molecule has 0 bridgehead atoms. The van der Waals surface area contributed by atoms with Crippen molar-refractivity contribution in [2.24, 2.45) is 0 Å². The molecule has 98 valence electrons. The molecule has 0 N–H and O–H groups in total. The van der Waals surface area contributed by atoms with Crippen molar-refractivity contribution in [2.45, 2.75) is 37.8 Å².